The van der Waals surface area contributed by atoms with Gasteiger partial charge in [-0.3, -0.25) is 0 Å². The molecule has 0 N–H and O–H groups in total. The third-order valence-corrected chi connectivity index (χ3v) is 22.0. The first-order valence-corrected chi connectivity index (χ1v) is 28.3. The first-order chi connectivity index (χ1) is 36.3. The van der Waals surface area contributed by atoms with Gasteiger partial charge in [0.25, 0.3) is 0 Å². The van der Waals surface area contributed by atoms with Gasteiger partial charge in [-0.05, 0) is 124 Å². The van der Waals surface area contributed by atoms with Gasteiger partial charge in [0, 0.05) is 11.4 Å². The number of nitrogens with zero attached hydrogens (tertiary/aromatic N) is 2. The Morgan fingerprint density at radius 2 is 0.533 bits per heavy atom. The molecular weight excluding hydrogens is 1010 g/mol. The van der Waals surface area contributed by atoms with Crippen molar-refractivity contribution in [3.63, 3.8) is 0 Å². The fraction of sp³-hybridized carbons (Fsp3) is 0.158. The van der Waals surface area contributed by atoms with Gasteiger partial charge < -0.3 is 52.4 Å². The van der Waals surface area contributed by atoms with Crippen molar-refractivity contribution in [2.45, 2.75) is 19.6 Å². The Bertz CT molecular complexity index is 3320. The second kappa shape index (κ2) is 19.5. The predicted molar refractivity (Wildman–Crippen MR) is 289 cm³/mol. The van der Waals surface area contributed by atoms with Crippen LogP contribution < -0.4 is 73.2 Å². The van der Waals surface area contributed by atoms with E-state index in [1.165, 1.54) is 21.3 Å². The van der Waals surface area contributed by atoms with Crippen molar-refractivity contribution in [3.8, 4) is 51.7 Å². The summed E-state index contributed by atoms with van der Waals surface area (Å²) in [5.74, 6) is 3.05. The van der Waals surface area contributed by atoms with Gasteiger partial charge in [0.05, 0.1) is 106 Å². The Hall–Kier alpha value is -8.32. The van der Waals surface area contributed by atoms with Crippen molar-refractivity contribution in [1.82, 2.24) is 0 Å². The molecule has 2 heterocycles. The van der Waals surface area contributed by atoms with Crippen LogP contribution in [-0.4, -0.2) is 88.9 Å². The van der Waals surface area contributed by atoms with Gasteiger partial charge >= 0.3 is 0 Å². The molecule has 75 heavy (non-hydrogen) atoms. The Labute approximate surface area is 436 Å². The van der Waals surface area contributed by atoms with E-state index < -0.39 is 27.7 Å². The minimum Gasteiger partial charge on any atom is -0.493 e. The van der Waals surface area contributed by atoms with Gasteiger partial charge in [0.1, 0.15) is 0 Å². The first kappa shape index (κ1) is 50.2. The van der Waals surface area contributed by atoms with Gasteiger partial charge in [0.2, 0.25) is 36.9 Å². The summed E-state index contributed by atoms with van der Waals surface area (Å²) in [6.45, 7) is 0. The maximum Gasteiger partial charge on any atom is 0.210 e. The molecule has 0 amide bonds. The fourth-order valence-corrected chi connectivity index (χ4v) is 18.5. The molecule has 0 unspecified atom stereocenters. The quantitative estimate of drug-likeness (QED) is 0.0712. The van der Waals surface area contributed by atoms with Crippen LogP contribution in [0.5, 0.6) is 51.7 Å². The maximum absolute atomic E-state index is 14.6. The second-order valence-corrected chi connectivity index (χ2v) is 24.9. The average molecular weight is 1070 g/mol. The topological polar surface area (TPSA) is 158 Å². The number of hydrogen-bond acceptors (Lipinski definition) is 15. The van der Waals surface area contributed by atoms with Crippen molar-refractivity contribution >= 4 is 82.6 Å². The number of ether oxygens (including phenoxy) is 9. The van der Waals surface area contributed by atoms with Crippen LogP contribution in [-0.2, 0) is 19.7 Å². The molecule has 8 aromatic rings. The maximum atomic E-state index is 14.6. The van der Waals surface area contributed by atoms with E-state index in [0.717, 1.165) is 0 Å². The van der Waals surface area contributed by atoms with Gasteiger partial charge in [0.15, 0.2) is 42.6 Å². The largest absolute Gasteiger partial charge is 0.493 e. The van der Waals surface area contributed by atoms with E-state index in [1.54, 1.807) is 140 Å². The summed E-state index contributed by atoms with van der Waals surface area (Å²) in [6, 6.07) is 44.9. The Balaban J connectivity index is 1.48. The number of hydrogen-bond donors (Lipinski definition) is 0. The highest BCUT2D eigenvalue weighted by molar-refractivity contribution is 7.92. The summed E-state index contributed by atoms with van der Waals surface area (Å²) in [6.07, 6.45) is 0. The summed E-state index contributed by atoms with van der Waals surface area (Å²) in [5.41, 5.74) is 2.60. The minimum absolute atomic E-state index is 0.0952. The number of anilines is 6. The highest BCUT2D eigenvalue weighted by Crippen LogP contribution is 2.52. The number of sulfone groups is 2. The van der Waals surface area contributed by atoms with Crippen LogP contribution in [0.3, 0.4) is 0 Å². The lowest BCUT2D eigenvalue weighted by atomic mass is 10.1. The molecule has 0 bridgehead atoms. The van der Waals surface area contributed by atoms with Crippen LogP contribution in [0.25, 0.3) is 0 Å². The van der Waals surface area contributed by atoms with E-state index >= 15 is 0 Å². The van der Waals surface area contributed by atoms with Gasteiger partial charge in [-0.15, -0.1) is 0 Å². The molecule has 2 aliphatic rings. The van der Waals surface area contributed by atoms with Crippen LogP contribution in [0.1, 0.15) is 0 Å². The zero-order valence-electron chi connectivity index (χ0n) is 42.5. The normalized spacial score (nSPS) is 13.8. The smallest absolute Gasteiger partial charge is 0.210 e. The van der Waals surface area contributed by atoms with Crippen LogP contribution >= 0.6 is 0 Å². The molecule has 0 radical (unpaired) electrons. The molecule has 384 valence electrons. The molecule has 0 aliphatic carbocycles. The third-order valence-electron chi connectivity index (χ3n) is 13.7. The van der Waals surface area contributed by atoms with E-state index in [2.05, 4.69) is 0 Å². The summed E-state index contributed by atoms with van der Waals surface area (Å²) in [7, 11) is 1.54. The van der Waals surface area contributed by atoms with Crippen LogP contribution in [0.2, 0.25) is 0 Å². The monoisotopic (exact) mass is 1060 g/mol. The molecule has 0 saturated heterocycles. The van der Waals surface area contributed by atoms with Crippen molar-refractivity contribution in [1.29, 1.82) is 0 Å². The van der Waals surface area contributed by atoms with Crippen molar-refractivity contribution in [2.24, 2.45) is 0 Å². The van der Waals surface area contributed by atoms with Crippen LogP contribution in [0.15, 0.2) is 171 Å². The van der Waals surface area contributed by atoms with E-state index in [9.17, 15) is 16.8 Å². The van der Waals surface area contributed by atoms with Gasteiger partial charge in [-0.25, -0.2) is 16.8 Å². The van der Waals surface area contributed by atoms with Crippen molar-refractivity contribution in [2.75, 3.05) is 73.8 Å². The van der Waals surface area contributed by atoms with Crippen molar-refractivity contribution in [3.05, 3.63) is 152 Å². The lowest BCUT2D eigenvalue weighted by Gasteiger charge is -2.39. The van der Waals surface area contributed by atoms with Crippen LogP contribution in [0.4, 0.5) is 34.1 Å². The lowest BCUT2D eigenvalue weighted by molar-refractivity contribution is 0.324. The summed E-state index contributed by atoms with van der Waals surface area (Å²) >= 11 is 0. The molecule has 15 nitrogen and oxygen atoms in total. The Morgan fingerprint density at radius 1 is 0.307 bits per heavy atom. The van der Waals surface area contributed by atoms with Gasteiger partial charge in [-0.2, -0.15) is 0 Å². The summed E-state index contributed by atoms with van der Waals surface area (Å²) in [4.78, 5) is 4.23. The highest BCUT2D eigenvalue weighted by Gasteiger charge is 2.47. The second-order valence-electron chi connectivity index (χ2n) is 17.3. The number of methoxy groups -OCH3 is 9. The predicted octanol–water partition coefficient (Wildman–Crippen LogP) is 8.37. The Morgan fingerprint density at radius 3 is 0.760 bits per heavy atom. The van der Waals surface area contributed by atoms with E-state index in [1.807, 2.05) is 64.4 Å². The number of para-hydroxylation sites is 4. The highest BCUT2D eigenvalue weighted by atomic mass is 32.2. The van der Waals surface area contributed by atoms with Crippen molar-refractivity contribution < 1.29 is 59.5 Å². The average Bonchev–Trinajstić information content (AvgIpc) is 3.45. The summed E-state index contributed by atoms with van der Waals surface area (Å²) < 4.78 is 113. The first-order valence-electron chi connectivity index (χ1n) is 23.3. The fourth-order valence-electron chi connectivity index (χ4n) is 10.5. The van der Waals surface area contributed by atoms with E-state index in [-0.39, 0.29) is 19.6 Å². The molecule has 10 rings (SSSR count). The van der Waals surface area contributed by atoms with E-state index in [0.29, 0.717) is 107 Å². The molecule has 0 fully saturated rings. The standard InChI is InChI=1S/C57H52N2O13S2Si/c1-64-45-29-38(30-46(65-2)55(45)70-7)75(39-31-47(66-3)56(71-8)48(32-39)67-4,40-33-49(68-5)57(72-9)50(34-40)69-6)37-27-35(58-41-18-10-14-22-51(41)73(60,61)52-23-15-11-19-42(52)58)26-36(28-37)59-43-20-12-16-24-53(43)74(62,63)54-25-17-13-21-44(54)59/h10-34H,1-9H3. The molecule has 0 aromatic heterocycles. The molecule has 0 spiro atoms. The summed E-state index contributed by atoms with van der Waals surface area (Å²) in [5, 5.41) is 2.69. The minimum atomic E-state index is -4.24. The molecule has 8 aromatic carbocycles. The molecule has 18 heteroatoms. The van der Waals surface area contributed by atoms with Gasteiger partial charge in [-0.1, -0.05) is 48.5 Å². The molecule has 0 atom stereocenters. The molecule has 0 saturated carbocycles. The molecular formula is C57H52N2O13S2Si. The number of rotatable bonds is 15. The molecule has 2 aliphatic heterocycles. The number of fused-ring (bicyclic) bond motifs is 4. The third kappa shape index (κ3) is 7.72. The number of benzene rings is 8. The lowest BCUT2D eigenvalue weighted by Crippen LogP contribution is -2.75. The van der Waals surface area contributed by atoms with Crippen LogP contribution in [0, 0.1) is 0 Å². The zero-order chi connectivity index (χ0) is 53.0. The van der Waals surface area contributed by atoms with E-state index in [4.69, 9.17) is 42.6 Å². The Kier molecular flexibility index (Phi) is 13.1. The SMILES string of the molecule is COc1cc([Si](c2cc(N3c4ccccc4S(=O)(=O)c4ccccc43)cc(N3c4ccccc4S(=O)(=O)c4ccccc43)c2)(c2cc(OC)c(OC)c(OC)c2)c2cc(OC)c(OC)c(OC)c2)cc(OC)c1OC. The zero-order valence-corrected chi connectivity index (χ0v) is 45.1.